The number of nitrogens with one attached hydrogen (secondary N) is 1. The topological polar surface area (TPSA) is 49.4 Å². The van der Waals surface area contributed by atoms with Gasteiger partial charge in [-0.25, -0.2) is 4.39 Å². The van der Waals surface area contributed by atoms with Crippen molar-refractivity contribution in [3.05, 3.63) is 70.5 Å². The summed E-state index contributed by atoms with van der Waals surface area (Å²) in [6.45, 7) is 4.76. The molecule has 2 aromatic carbocycles. The van der Waals surface area contributed by atoms with Gasteiger partial charge in [-0.3, -0.25) is 9.59 Å². The van der Waals surface area contributed by atoms with Gasteiger partial charge in [-0.1, -0.05) is 55.8 Å². The molecule has 0 radical (unpaired) electrons. The third kappa shape index (κ3) is 7.33. The fourth-order valence-corrected chi connectivity index (χ4v) is 4.04. The first-order valence-corrected chi connectivity index (χ1v) is 11.6. The lowest BCUT2D eigenvalue weighted by molar-refractivity contribution is -0.139. The van der Waals surface area contributed by atoms with Gasteiger partial charge in [0, 0.05) is 23.9 Å². The van der Waals surface area contributed by atoms with E-state index < -0.39 is 6.04 Å². The molecule has 4 nitrogen and oxygen atoms in total. The van der Waals surface area contributed by atoms with E-state index in [1.165, 1.54) is 17.8 Å². The fourth-order valence-electron chi connectivity index (χ4n) is 3.02. The van der Waals surface area contributed by atoms with E-state index in [1.807, 2.05) is 26.0 Å². The monoisotopic (exact) mass is 450 g/mol. The van der Waals surface area contributed by atoms with E-state index in [4.69, 9.17) is 11.6 Å². The van der Waals surface area contributed by atoms with E-state index in [-0.39, 0.29) is 23.4 Å². The van der Waals surface area contributed by atoms with Crippen LogP contribution in [0, 0.1) is 5.82 Å². The average Bonchev–Trinajstić information content (AvgIpc) is 2.74. The molecular formula is C23H28ClFN2O2S. The average molecular weight is 451 g/mol. The number of carbonyl (C=O) groups excluding carboxylic acids is 2. The molecule has 0 heterocycles. The maximum absolute atomic E-state index is 13.8. The lowest BCUT2D eigenvalue weighted by Crippen LogP contribution is -2.49. The van der Waals surface area contributed by atoms with Gasteiger partial charge in [-0.15, -0.1) is 11.8 Å². The molecule has 0 aromatic heterocycles. The van der Waals surface area contributed by atoms with Gasteiger partial charge in [0.1, 0.15) is 11.9 Å². The molecule has 0 saturated carbocycles. The largest absolute Gasteiger partial charge is 0.354 e. The molecule has 2 aromatic rings. The number of halogens is 2. The zero-order valence-corrected chi connectivity index (χ0v) is 18.9. The summed E-state index contributed by atoms with van der Waals surface area (Å²) < 4.78 is 13.8. The van der Waals surface area contributed by atoms with Crippen LogP contribution in [-0.4, -0.2) is 35.1 Å². The van der Waals surface area contributed by atoms with E-state index in [2.05, 4.69) is 5.32 Å². The van der Waals surface area contributed by atoms with Crippen LogP contribution in [-0.2, 0) is 21.9 Å². The van der Waals surface area contributed by atoms with Crippen molar-refractivity contribution in [2.45, 2.75) is 45.0 Å². The predicted molar refractivity (Wildman–Crippen MR) is 122 cm³/mol. The number of rotatable bonds is 11. The molecule has 1 N–H and O–H groups in total. The number of nitrogens with zero attached hydrogens (tertiary/aromatic N) is 1. The van der Waals surface area contributed by atoms with Crippen LogP contribution >= 0.6 is 23.4 Å². The predicted octanol–water partition coefficient (Wildman–Crippen LogP) is 5.05. The molecule has 0 aliphatic rings. The Balaban J connectivity index is 2.11. The number of hydrogen-bond donors (Lipinski definition) is 1. The number of amides is 2. The first kappa shape index (κ1) is 24.2. The van der Waals surface area contributed by atoms with Gasteiger partial charge in [0.15, 0.2) is 0 Å². The maximum Gasteiger partial charge on any atom is 0.242 e. The molecule has 0 spiro atoms. The van der Waals surface area contributed by atoms with Crippen molar-refractivity contribution in [2.24, 2.45) is 0 Å². The minimum Gasteiger partial charge on any atom is -0.354 e. The van der Waals surface area contributed by atoms with Crippen LogP contribution in [0.5, 0.6) is 0 Å². The molecule has 0 aliphatic carbocycles. The van der Waals surface area contributed by atoms with Crippen LogP contribution in [0.25, 0.3) is 0 Å². The molecule has 0 aliphatic heterocycles. The Hall–Kier alpha value is -2.05. The molecule has 30 heavy (non-hydrogen) atoms. The smallest absolute Gasteiger partial charge is 0.242 e. The van der Waals surface area contributed by atoms with Crippen molar-refractivity contribution in [3.8, 4) is 0 Å². The summed E-state index contributed by atoms with van der Waals surface area (Å²) in [5, 5.41) is 3.51. The van der Waals surface area contributed by atoms with Gasteiger partial charge in [-0.05, 0) is 42.2 Å². The third-order valence-electron chi connectivity index (χ3n) is 4.64. The molecule has 0 bridgehead atoms. The quantitative estimate of drug-likeness (QED) is 0.521. The summed E-state index contributed by atoms with van der Waals surface area (Å²) in [5.74, 6) is -0.0164. The first-order valence-electron chi connectivity index (χ1n) is 10.1. The summed E-state index contributed by atoms with van der Waals surface area (Å²) in [4.78, 5) is 27.4. The van der Waals surface area contributed by atoms with Gasteiger partial charge in [0.05, 0.1) is 5.75 Å². The molecule has 162 valence electrons. The van der Waals surface area contributed by atoms with Gasteiger partial charge in [0.2, 0.25) is 11.8 Å². The number of carbonyl (C=O) groups is 2. The summed E-state index contributed by atoms with van der Waals surface area (Å²) >= 11 is 7.31. The van der Waals surface area contributed by atoms with E-state index >= 15 is 0 Å². The van der Waals surface area contributed by atoms with E-state index in [1.54, 1.807) is 35.2 Å². The molecule has 0 saturated heterocycles. The molecule has 2 rings (SSSR count). The molecule has 0 unspecified atom stereocenters. The van der Waals surface area contributed by atoms with Crippen molar-refractivity contribution in [3.63, 3.8) is 0 Å². The minimum atomic E-state index is -0.561. The summed E-state index contributed by atoms with van der Waals surface area (Å²) in [7, 11) is 0. The molecule has 0 fully saturated rings. The SMILES string of the molecule is CCCNC(=O)[C@H](CC)N(Cc1ccc(Cl)cc1)C(=O)CSCc1ccccc1F. The highest BCUT2D eigenvalue weighted by Crippen LogP contribution is 2.19. The Kier molecular flexibility index (Phi) is 10.2. The standard InChI is InChI=1S/C23H28ClFN2O2S/c1-3-13-26-23(29)21(4-2)27(14-17-9-11-19(24)12-10-17)22(28)16-30-15-18-7-5-6-8-20(18)25/h5-12,21H,3-4,13-16H2,1-2H3,(H,26,29)/t21-/m0/s1. The Morgan fingerprint density at radius 3 is 2.47 bits per heavy atom. The highest BCUT2D eigenvalue weighted by molar-refractivity contribution is 7.99. The number of thioether (sulfide) groups is 1. The van der Waals surface area contributed by atoms with Crippen molar-refractivity contribution < 1.29 is 14.0 Å². The van der Waals surface area contributed by atoms with Gasteiger partial charge < -0.3 is 10.2 Å². The van der Waals surface area contributed by atoms with Gasteiger partial charge in [-0.2, -0.15) is 0 Å². The lowest BCUT2D eigenvalue weighted by Gasteiger charge is -2.30. The molecule has 1 atom stereocenters. The van der Waals surface area contributed by atoms with Crippen molar-refractivity contribution >= 4 is 35.2 Å². The van der Waals surface area contributed by atoms with Crippen LogP contribution in [0.4, 0.5) is 4.39 Å². The maximum atomic E-state index is 13.8. The lowest BCUT2D eigenvalue weighted by atomic mass is 10.1. The van der Waals surface area contributed by atoms with Crippen molar-refractivity contribution in [1.82, 2.24) is 10.2 Å². The second-order valence-corrected chi connectivity index (χ2v) is 8.37. The van der Waals surface area contributed by atoms with E-state index in [9.17, 15) is 14.0 Å². The van der Waals surface area contributed by atoms with Crippen LogP contribution in [0.1, 0.15) is 37.8 Å². The Labute approximate surface area is 187 Å². The molecular weight excluding hydrogens is 423 g/mol. The highest BCUT2D eigenvalue weighted by Gasteiger charge is 2.28. The zero-order valence-electron chi connectivity index (χ0n) is 17.4. The third-order valence-corrected chi connectivity index (χ3v) is 5.86. The zero-order chi connectivity index (χ0) is 21.9. The van der Waals surface area contributed by atoms with E-state index in [0.29, 0.717) is 35.8 Å². The highest BCUT2D eigenvalue weighted by atomic mass is 35.5. The molecule has 2 amide bonds. The first-order chi connectivity index (χ1) is 14.5. The van der Waals surface area contributed by atoms with Crippen LogP contribution in [0.3, 0.4) is 0 Å². The Morgan fingerprint density at radius 1 is 1.13 bits per heavy atom. The summed E-state index contributed by atoms with van der Waals surface area (Å²) in [6.07, 6.45) is 1.33. The van der Waals surface area contributed by atoms with E-state index in [0.717, 1.165) is 12.0 Å². The van der Waals surface area contributed by atoms with Crippen molar-refractivity contribution in [1.29, 1.82) is 0 Å². The van der Waals surface area contributed by atoms with Crippen LogP contribution < -0.4 is 5.32 Å². The van der Waals surface area contributed by atoms with Crippen molar-refractivity contribution in [2.75, 3.05) is 12.3 Å². The summed E-state index contributed by atoms with van der Waals surface area (Å²) in [5.41, 5.74) is 1.46. The number of benzene rings is 2. The van der Waals surface area contributed by atoms with Gasteiger partial charge >= 0.3 is 0 Å². The number of hydrogen-bond acceptors (Lipinski definition) is 3. The van der Waals surface area contributed by atoms with Crippen LogP contribution in [0.15, 0.2) is 48.5 Å². The Bertz CT molecular complexity index is 832. The Morgan fingerprint density at radius 2 is 1.83 bits per heavy atom. The summed E-state index contributed by atoms with van der Waals surface area (Å²) in [6, 6.07) is 13.2. The second-order valence-electron chi connectivity index (χ2n) is 6.95. The van der Waals surface area contributed by atoms with Crippen LogP contribution in [0.2, 0.25) is 5.02 Å². The fraction of sp³-hybridized carbons (Fsp3) is 0.391. The minimum absolute atomic E-state index is 0.148. The molecule has 7 heteroatoms. The van der Waals surface area contributed by atoms with Gasteiger partial charge in [0.25, 0.3) is 0 Å². The second kappa shape index (κ2) is 12.6. The normalized spacial score (nSPS) is 11.7.